The molecule has 6 N–H and O–H groups in total. The largest absolute Gasteiger partial charge is 0.329 e. The Morgan fingerprint density at radius 3 is 2.42 bits per heavy atom. The quantitative estimate of drug-likeness (QED) is 0.206. The molecule has 24 heavy (non-hydrogen) atoms. The van der Waals surface area contributed by atoms with Gasteiger partial charge in [0.2, 0.25) is 0 Å². The fourth-order valence-corrected chi connectivity index (χ4v) is 2.65. The number of rotatable bonds is 14. The van der Waals surface area contributed by atoms with Crippen LogP contribution in [0.2, 0.25) is 0 Å². The highest BCUT2D eigenvalue weighted by Crippen LogP contribution is 2.07. The van der Waals surface area contributed by atoms with Gasteiger partial charge in [0.05, 0.1) is 12.6 Å². The van der Waals surface area contributed by atoms with Crippen LogP contribution >= 0.6 is 0 Å². The van der Waals surface area contributed by atoms with Crippen molar-refractivity contribution in [3.05, 3.63) is 0 Å². The lowest BCUT2D eigenvalue weighted by Gasteiger charge is -2.25. The minimum atomic E-state index is 0.111. The van der Waals surface area contributed by atoms with Crippen molar-refractivity contribution in [2.24, 2.45) is 11.5 Å². The molecule has 1 aliphatic rings. The molecular weight excluding hydrogens is 308 g/mol. The van der Waals surface area contributed by atoms with Crippen molar-refractivity contribution in [3.8, 4) is 6.07 Å². The van der Waals surface area contributed by atoms with Crippen LogP contribution < -0.4 is 22.1 Å². The maximum Gasteiger partial charge on any atom is 0.320 e. The number of nitrogens with one attached hydrogen (secondary N) is 2. The third-order valence-corrected chi connectivity index (χ3v) is 4.00. The van der Waals surface area contributed by atoms with Gasteiger partial charge >= 0.3 is 6.03 Å². The minimum absolute atomic E-state index is 0.111. The van der Waals surface area contributed by atoms with E-state index in [0.717, 1.165) is 58.9 Å². The first-order chi connectivity index (χ1) is 11.7. The van der Waals surface area contributed by atoms with E-state index in [1.165, 1.54) is 0 Å². The van der Waals surface area contributed by atoms with Crippen LogP contribution in [0.5, 0.6) is 0 Å². The van der Waals surface area contributed by atoms with Crippen molar-refractivity contribution < 1.29 is 4.79 Å². The molecule has 0 aromatic heterocycles. The van der Waals surface area contributed by atoms with Gasteiger partial charge in [-0.05, 0) is 0 Å². The van der Waals surface area contributed by atoms with E-state index in [9.17, 15) is 4.79 Å². The number of hydrogen-bond acceptors (Lipinski definition) is 7. The molecule has 0 atom stereocenters. The van der Waals surface area contributed by atoms with E-state index in [-0.39, 0.29) is 6.03 Å². The number of hydrogen-bond donors (Lipinski definition) is 4. The molecule has 1 saturated heterocycles. The Hall–Kier alpha value is -1.44. The second-order valence-corrected chi connectivity index (χ2v) is 5.76. The summed E-state index contributed by atoms with van der Waals surface area (Å²) in [6.07, 6.45) is 0. The molecule has 0 aromatic carbocycles. The van der Waals surface area contributed by atoms with Gasteiger partial charge in [-0.1, -0.05) is 0 Å². The molecular formula is C15H32N8O. The van der Waals surface area contributed by atoms with Gasteiger partial charge in [0.25, 0.3) is 0 Å². The SMILES string of the molecule is N#CCNCCN(CCN)CCN1CCN(CCNCCN)C1=O. The van der Waals surface area contributed by atoms with E-state index < -0.39 is 0 Å². The van der Waals surface area contributed by atoms with Crippen LogP contribution in [0.15, 0.2) is 0 Å². The lowest BCUT2D eigenvalue weighted by molar-refractivity contribution is 0.183. The third-order valence-electron chi connectivity index (χ3n) is 4.00. The van der Waals surface area contributed by atoms with E-state index >= 15 is 0 Å². The summed E-state index contributed by atoms with van der Waals surface area (Å²) in [5.41, 5.74) is 11.1. The standard InChI is InChI=1S/C15H32N8O/c16-1-4-19-6-9-21(8-3-18)11-12-23-14-13-22(15(23)24)10-7-20-5-2-17/h19-20H,2-14,17-18H2. The van der Waals surface area contributed by atoms with E-state index in [2.05, 4.69) is 21.6 Å². The third kappa shape index (κ3) is 7.90. The monoisotopic (exact) mass is 340 g/mol. The number of urea groups is 1. The number of nitrogens with zero attached hydrogens (tertiary/aromatic N) is 4. The molecule has 1 fully saturated rings. The molecule has 0 aliphatic carbocycles. The van der Waals surface area contributed by atoms with Crippen molar-refractivity contribution in [2.75, 3.05) is 85.1 Å². The van der Waals surface area contributed by atoms with Gasteiger partial charge < -0.3 is 31.9 Å². The van der Waals surface area contributed by atoms with Crippen LogP contribution in [-0.2, 0) is 0 Å². The molecule has 0 radical (unpaired) electrons. The van der Waals surface area contributed by atoms with Gasteiger partial charge in [-0.25, -0.2) is 4.79 Å². The summed E-state index contributed by atoms with van der Waals surface area (Å²) in [5, 5.41) is 14.8. The predicted molar refractivity (Wildman–Crippen MR) is 94.4 cm³/mol. The Morgan fingerprint density at radius 1 is 1.00 bits per heavy atom. The maximum atomic E-state index is 12.3. The van der Waals surface area contributed by atoms with Gasteiger partial charge in [0.1, 0.15) is 0 Å². The lowest BCUT2D eigenvalue weighted by atomic mass is 10.4. The summed E-state index contributed by atoms with van der Waals surface area (Å²) < 4.78 is 0. The van der Waals surface area contributed by atoms with Crippen molar-refractivity contribution in [1.29, 1.82) is 5.26 Å². The van der Waals surface area contributed by atoms with Gasteiger partial charge in [0.15, 0.2) is 0 Å². The smallest absolute Gasteiger partial charge is 0.320 e. The molecule has 0 bridgehead atoms. The fraction of sp³-hybridized carbons (Fsp3) is 0.867. The Kier molecular flexibility index (Phi) is 11.1. The summed E-state index contributed by atoms with van der Waals surface area (Å²) in [4.78, 5) is 18.4. The van der Waals surface area contributed by atoms with E-state index in [1.54, 1.807) is 0 Å². The highest BCUT2D eigenvalue weighted by atomic mass is 16.2. The zero-order valence-electron chi connectivity index (χ0n) is 14.5. The van der Waals surface area contributed by atoms with Crippen LogP contribution in [0.3, 0.4) is 0 Å². The molecule has 1 aliphatic heterocycles. The number of nitrogens with two attached hydrogens (primary N) is 2. The average molecular weight is 340 g/mol. The zero-order valence-corrected chi connectivity index (χ0v) is 14.5. The number of amides is 2. The Bertz CT molecular complexity index is 386. The van der Waals surface area contributed by atoms with Gasteiger partial charge in [-0.3, -0.25) is 4.90 Å². The number of carbonyl (C=O) groups excluding carboxylic acids is 1. The van der Waals surface area contributed by atoms with E-state index in [1.807, 2.05) is 9.80 Å². The van der Waals surface area contributed by atoms with E-state index in [0.29, 0.717) is 26.2 Å². The summed E-state index contributed by atoms with van der Waals surface area (Å²) in [5.74, 6) is 0. The molecule has 138 valence electrons. The highest BCUT2D eigenvalue weighted by molar-refractivity contribution is 5.76. The molecule has 0 saturated carbocycles. The summed E-state index contributed by atoms with van der Waals surface area (Å²) in [6, 6.07) is 2.17. The summed E-state index contributed by atoms with van der Waals surface area (Å²) in [7, 11) is 0. The molecule has 0 unspecified atom stereocenters. The minimum Gasteiger partial charge on any atom is -0.329 e. The highest BCUT2D eigenvalue weighted by Gasteiger charge is 2.27. The molecule has 1 rings (SSSR count). The lowest BCUT2D eigenvalue weighted by Crippen LogP contribution is -2.42. The topological polar surface area (TPSA) is 127 Å². The fourth-order valence-electron chi connectivity index (χ4n) is 2.65. The normalized spacial score (nSPS) is 14.7. The molecule has 0 spiro atoms. The average Bonchev–Trinajstić information content (AvgIpc) is 2.93. The van der Waals surface area contributed by atoms with Crippen LogP contribution in [0.4, 0.5) is 4.79 Å². The summed E-state index contributed by atoms with van der Waals surface area (Å²) >= 11 is 0. The molecule has 0 aromatic rings. The number of carbonyl (C=O) groups is 1. The molecule has 9 heteroatoms. The van der Waals surface area contributed by atoms with Gasteiger partial charge in [-0.15, -0.1) is 0 Å². The van der Waals surface area contributed by atoms with Crippen LogP contribution in [-0.4, -0.2) is 106 Å². The molecule has 2 amide bonds. The van der Waals surface area contributed by atoms with Crippen molar-refractivity contribution in [3.63, 3.8) is 0 Å². The first-order valence-electron chi connectivity index (χ1n) is 8.67. The Labute approximate surface area is 144 Å². The van der Waals surface area contributed by atoms with Crippen molar-refractivity contribution in [2.45, 2.75) is 0 Å². The van der Waals surface area contributed by atoms with Crippen molar-refractivity contribution >= 4 is 6.03 Å². The first kappa shape index (κ1) is 20.6. The van der Waals surface area contributed by atoms with Crippen LogP contribution in [0.1, 0.15) is 0 Å². The summed E-state index contributed by atoms with van der Waals surface area (Å²) in [6.45, 7) is 9.28. The first-order valence-corrected chi connectivity index (χ1v) is 8.67. The Balaban J connectivity index is 2.26. The second-order valence-electron chi connectivity index (χ2n) is 5.76. The second kappa shape index (κ2) is 12.9. The zero-order chi connectivity index (χ0) is 17.6. The van der Waals surface area contributed by atoms with Crippen LogP contribution in [0, 0.1) is 11.3 Å². The Morgan fingerprint density at radius 2 is 1.75 bits per heavy atom. The van der Waals surface area contributed by atoms with Crippen molar-refractivity contribution in [1.82, 2.24) is 25.3 Å². The van der Waals surface area contributed by atoms with Gasteiger partial charge in [-0.2, -0.15) is 5.26 Å². The maximum absolute atomic E-state index is 12.3. The molecule has 1 heterocycles. The van der Waals surface area contributed by atoms with E-state index in [4.69, 9.17) is 16.7 Å². The van der Waals surface area contributed by atoms with Crippen LogP contribution in [0.25, 0.3) is 0 Å². The predicted octanol–water partition coefficient (Wildman–Crippen LogP) is -2.35. The molecule has 9 nitrogen and oxygen atoms in total. The van der Waals surface area contributed by atoms with Gasteiger partial charge in [0, 0.05) is 78.5 Å². The number of nitriles is 1.